The van der Waals surface area contributed by atoms with E-state index >= 15 is 0 Å². The standard InChI is InChI=1S/C14H16N2O3/c1-4-10-7-5-6-8-11(10)15-13(17)12-9(2)16(3)19-14(12)18/h5-8H,4H2,1-3H3,(H,15,17). The second-order valence-corrected chi connectivity index (χ2v) is 4.30. The van der Waals surface area contributed by atoms with Gasteiger partial charge in [-0.1, -0.05) is 25.1 Å². The summed E-state index contributed by atoms with van der Waals surface area (Å²) >= 11 is 0. The molecule has 1 amide bonds. The molecule has 100 valence electrons. The smallest absolute Gasteiger partial charge is 0.336 e. The number of nitrogens with one attached hydrogen (secondary N) is 1. The van der Waals surface area contributed by atoms with E-state index in [-0.39, 0.29) is 5.56 Å². The zero-order valence-corrected chi connectivity index (χ0v) is 11.2. The van der Waals surface area contributed by atoms with Crippen molar-refractivity contribution in [1.29, 1.82) is 0 Å². The van der Waals surface area contributed by atoms with E-state index in [1.165, 1.54) is 4.74 Å². The van der Waals surface area contributed by atoms with Crippen LogP contribution >= 0.6 is 0 Å². The first kappa shape index (κ1) is 13.1. The number of aromatic nitrogens is 1. The fraction of sp³-hybridized carbons (Fsp3) is 0.286. The predicted octanol–water partition coefficient (Wildman–Crippen LogP) is 2.10. The molecular weight excluding hydrogens is 244 g/mol. The minimum absolute atomic E-state index is 0.0495. The van der Waals surface area contributed by atoms with Crippen LogP contribution in [-0.2, 0) is 13.5 Å². The van der Waals surface area contributed by atoms with Crippen LogP contribution in [-0.4, -0.2) is 10.6 Å². The number of amides is 1. The normalized spacial score (nSPS) is 10.5. The lowest BCUT2D eigenvalue weighted by atomic mass is 10.1. The number of benzene rings is 1. The Hall–Kier alpha value is -2.30. The van der Waals surface area contributed by atoms with Gasteiger partial charge in [-0.25, -0.2) is 9.53 Å². The third-order valence-corrected chi connectivity index (χ3v) is 3.13. The largest absolute Gasteiger partial charge is 0.370 e. The number of anilines is 1. The fourth-order valence-corrected chi connectivity index (χ4v) is 1.94. The molecule has 0 bridgehead atoms. The number of carbonyl (C=O) groups excluding carboxylic acids is 1. The van der Waals surface area contributed by atoms with Crippen LogP contribution in [0, 0.1) is 6.92 Å². The van der Waals surface area contributed by atoms with Crippen LogP contribution in [0.3, 0.4) is 0 Å². The highest BCUT2D eigenvalue weighted by atomic mass is 16.5. The zero-order valence-electron chi connectivity index (χ0n) is 11.2. The molecule has 1 aromatic heterocycles. The number of nitrogens with zero attached hydrogens (tertiary/aromatic N) is 1. The van der Waals surface area contributed by atoms with Gasteiger partial charge in [0.25, 0.3) is 5.91 Å². The molecule has 1 aromatic carbocycles. The van der Waals surface area contributed by atoms with Gasteiger partial charge in [-0.15, -0.1) is 0 Å². The van der Waals surface area contributed by atoms with Crippen molar-refractivity contribution < 1.29 is 9.32 Å². The third-order valence-electron chi connectivity index (χ3n) is 3.13. The van der Waals surface area contributed by atoms with E-state index in [2.05, 4.69) is 5.32 Å². The maximum atomic E-state index is 12.2. The van der Waals surface area contributed by atoms with Crippen LogP contribution in [0.5, 0.6) is 0 Å². The van der Waals surface area contributed by atoms with Gasteiger partial charge in [0.05, 0.1) is 5.69 Å². The summed E-state index contributed by atoms with van der Waals surface area (Å²) in [5, 5.41) is 2.76. The molecule has 1 heterocycles. The maximum Gasteiger partial charge on any atom is 0.370 e. The van der Waals surface area contributed by atoms with Crippen molar-refractivity contribution in [2.75, 3.05) is 5.32 Å². The summed E-state index contributed by atoms with van der Waals surface area (Å²) in [5.74, 6) is -0.437. The van der Waals surface area contributed by atoms with Crippen LogP contribution in [0.25, 0.3) is 0 Å². The molecule has 1 N–H and O–H groups in total. The molecule has 19 heavy (non-hydrogen) atoms. The summed E-state index contributed by atoms with van der Waals surface area (Å²) in [6, 6.07) is 7.51. The molecule has 5 nitrogen and oxygen atoms in total. The average Bonchev–Trinajstić information content (AvgIpc) is 2.64. The van der Waals surface area contributed by atoms with Gasteiger partial charge in [-0.3, -0.25) is 4.79 Å². The van der Waals surface area contributed by atoms with E-state index < -0.39 is 11.5 Å². The lowest BCUT2D eigenvalue weighted by Crippen LogP contribution is -2.20. The molecule has 0 radical (unpaired) electrons. The molecule has 0 saturated carbocycles. The summed E-state index contributed by atoms with van der Waals surface area (Å²) in [6.45, 7) is 3.68. The molecule has 0 unspecified atom stereocenters. The van der Waals surface area contributed by atoms with Gasteiger partial charge >= 0.3 is 5.63 Å². The molecule has 0 fully saturated rings. The maximum absolute atomic E-state index is 12.2. The summed E-state index contributed by atoms with van der Waals surface area (Å²) in [4.78, 5) is 23.8. The summed E-state index contributed by atoms with van der Waals surface area (Å²) in [5.41, 5.74) is 1.68. The monoisotopic (exact) mass is 260 g/mol. The fourth-order valence-electron chi connectivity index (χ4n) is 1.94. The van der Waals surface area contributed by atoms with Crippen LogP contribution < -0.4 is 10.9 Å². The van der Waals surface area contributed by atoms with Crippen molar-refractivity contribution >= 4 is 11.6 Å². The number of hydrogen-bond acceptors (Lipinski definition) is 3. The molecule has 5 heteroatoms. The number of aryl methyl sites for hydroxylation is 2. The minimum Gasteiger partial charge on any atom is -0.336 e. The molecule has 2 rings (SSSR count). The Balaban J connectivity index is 2.34. The van der Waals surface area contributed by atoms with Gasteiger partial charge in [-0.2, -0.15) is 0 Å². The van der Waals surface area contributed by atoms with Gasteiger partial charge in [-0.05, 0) is 25.0 Å². The number of hydrogen-bond donors (Lipinski definition) is 1. The van der Waals surface area contributed by atoms with E-state index in [4.69, 9.17) is 4.52 Å². The topological polar surface area (TPSA) is 64.2 Å². The Morgan fingerprint density at radius 2 is 2.05 bits per heavy atom. The van der Waals surface area contributed by atoms with Crippen LogP contribution in [0.15, 0.2) is 33.6 Å². The molecule has 0 aliphatic carbocycles. The Morgan fingerprint density at radius 1 is 1.37 bits per heavy atom. The van der Waals surface area contributed by atoms with E-state index in [9.17, 15) is 9.59 Å². The Labute approximate surface area is 110 Å². The SMILES string of the molecule is CCc1ccccc1NC(=O)c1c(C)n(C)oc1=O. The van der Waals surface area contributed by atoms with Gasteiger partial charge in [0.1, 0.15) is 5.56 Å². The van der Waals surface area contributed by atoms with Crippen molar-refractivity contribution in [3.05, 3.63) is 51.5 Å². The zero-order chi connectivity index (χ0) is 14.0. The first-order valence-corrected chi connectivity index (χ1v) is 6.10. The van der Waals surface area contributed by atoms with Crippen molar-refractivity contribution in [3.63, 3.8) is 0 Å². The van der Waals surface area contributed by atoms with Crippen LogP contribution in [0.1, 0.15) is 28.5 Å². The third kappa shape index (κ3) is 2.45. The van der Waals surface area contributed by atoms with Crippen LogP contribution in [0.4, 0.5) is 5.69 Å². The Morgan fingerprint density at radius 3 is 2.63 bits per heavy atom. The molecule has 0 spiro atoms. The molecular formula is C14H16N2O3. The number of rotatable bonds is 3. The quantitative estimate of drug-likeness (QED) is 0.919. The summed E-state index contributed by atoms with van der Waals surface area (Å²) in [7, 11) is 1.59. The second kappa shape index (κ2) is 5.14. The summed E-state index contributed by atoms with van der Waals surface area (Å²) in [6.07, 6.45) is 0.804. The minimum atomic E-state index is -0.619. The molecule has 0 atom stereocenters. The van der Waals surface area contributed by atoms with Crippen molar-refractivity contribution in [3.8, 4) is 0 Å². The highest BCUT2D eigenvalue weighted by Crippen LogP contribution is 2.16. The van der Waals surface area contributed by atoms with Gasteiger partial charge < -0.3 is 9.84 Å². The van der Waals surface area contributed by atoms with E-state index in [0.717, 1.165) is 17.7 Å². The molecule has 0 saturated heterocycles. The van der Waals surface area contributed by atoms with E-state index in [1.807, 2.05) is 31.2 Å². The van der Waals surface area contributed by atoms with Crippen molar-refractivity contribution in [2.24, 2.45) is 7.05 Å². The Bertz CT molecular complexity index is 668. The van der Waals surface area contributed by atoms with Crippen molar-refractivity contribution in [1.82, 2.24) is 4.74 Å². The predicted molar refractivity (Wildman–Crippen MR) is 72.5 cm³/mol. The lowest BCUT2D eigenvalue weighted by Gasteiger charge is -2.08. The number of para-hydroxylation sites is 1. The number of carbonyl (C=O) groups is 1. The van der Waals surface area contributed by atoms with Crippen molar-refractivity contribution in [2.45, 2.75) is 20.3 Å². The van der Waals surface area contributed by atoms with Gasteiger partial charge in [0.2, 0.25) is 0 Å². The second-order valence-electron chi connectivity index (χ2n) is 4.30. The first-order valence-electron chi connectivity index (χ1n) is 6.10. The molecule has 0 aliphatic rings. The summed E-state index contributed by atoms with van der Waals surface area (Å²) < 4.78 is 6.16. The molecule has 0 aliphatic heterocycles. The van der Waals surface area contributed by atoms with Crippen LogP contribution in [0.2, 0.25) is 0 Å². The lowest BCUT2D eigenvalue weighted by molar-refractivity contribution is 0.102. The van der Waals surface area contributed by atoms with Gasteiger partial charge in [0.15, 0.2) is 0 Å². The molecule has 2 aromatic rings. The van der Waals surface area contributed by atoms with E-state index in [0.29, 0.717) is 5.69 Å². The van der Waals surface area contributed by atoms with Gasteiger partial charge in [0, 0.05) is 12.7 Å². The highest BCUT2D eigenvalue weighted by Gasteiger charge is 2.20. The van der Waals surface area contributed by atoms with E-state index in [1.54, 1.807) is 14.0 Å². The average molecular weight is 260 g/mol. The Kier molecular flexibility index (Phi) is 3.55. The highest BCUT2D eigenvalue weighted by molar-refractivity contribution is 6.05. The first-order chi connectivity index (χ1) is 9.04.